The lowest BCUT2D eigenvalue weighted by atomic mass is 10.1. The van der Waals surface area contributed by atoms with E-state index in [1.165, 1.54) is 10.7 Å². The number of carbonyl (C=O) groups excluding carboxylic acids is 1. The Kier molecular flexibility index (Phi) is 4.92. The van der Waals surface area contributed by atoms with Gasteiger partial charge in [-0.15, -0.1) is 0 Å². The molecule has 2 aromatic carbocycles. The topological polar surface area (TPSA) is 47.4 Å². The molecule has 1 aliphatic rings. The second kappa shape index (κ2) is 7.50. The van der Waals surface area contributed by atoms with E-state index in [4.69, 9.17) is 16.3 Å². The zero-order valence-corrected chi connectivity index (χ0v) is 15.2. The van der Waals surface area contributed by atoms with Crippen molar-refractivity contribution in [1.82, 2.24) is 14.7 Å². The molecule has 27 heavy (non-hydrogen) atoms. The van der Waals surface area contributed by atoms with Crippen molar-refractivity contribution in [2.45, 2.75) is 0 Å². The predicted octanol–water partition coefficient (Wildman–Crippen LogP) is 3.80. The van der Waals surface area contributed by atoms with E-state index < -0.39 is 5.82 Å². The summed E-state index contributed by atoms with van der Waals surface area (Å²) < 4.78 is 21.1. The van der Waals surface area contributed by atoms with Crippen LogP contribution >= 0.6 is 11.6 Å². The summed E-state index contributed by atoms with van der Waals surface area (Å²) in [5, 5.41) is 4.96. The lowest BCUT2D eigenvalue weighted by Crippen LogP contribution is -2.41. The molecule has 1 amide bonds. The van der Waals surface area contributed by atoms with Crippen LogP contribution in [0.5, 0.6) is 0 Å². The average molecular weight is 386 g/mol. The molecule has 3 aromatic rings. The van der Waals surface area contributed by atoms with E-state index >= 15 is 0 Å². The van der Waals surface area contributed by atoms with Gasteiger partial charge in [-0.2, -0.15) is 5.10 Å². The Balaban J connectivity index is 1.84. The number of rotatable bonds is 3. The van der Waals surface area contributed by atoms with E-state index in [0.717, 1.165) is 0 Å². The number of carbonyl (C=O) groups is 1. The number of ether oxygens (including phenoxy) is 1. The van der Waals surface area contributed by atoms with Crippen molar-refractivity contribution >= 4 is 17.5 Å². The number of aromatic nitrogens is 2. The molecule has 0 N–H and O–H groups in total. The molecule has 1 aromatic heterocycles. The van der Waals surface area contributed by atoms with Gasteiger partial charge in [0.2, 0.25) is 0 Å². The maximum Gasteiger partial charge on any atom is 0.272 e. The van der Waals surface area contributed by atoms with Crippen LogP contribution < -0.4 is 0 Å². The summed E-state index contributed by atoms with van der Waals surface area (Å²) in [5.41, 5.74) is 1.62. The summed E-state index contributed by atoms with van der Waals surface area (Å²) in [6.45, 7) is 1.99. The summed E-state index contributed by atoms with van der Waals surface area (Å²) in [7, 11) is 0. The van der Waals surface area contributed by atoms with E-state index in [0.29, 0.717) is 54.0 Å². The van der Waals surface area contributed by atoms with E-state index in [-0.39, 0.29) is 5.91 Å². The Hall–Kier alpha value is -2.70. The molecular weight excluding hydrogens is 369 g/mol. The lowest BCUT2D eigenvalue weighted by Gasteiger charge is -2.26. The normalized spacial score (nSPS) is 14.4. The maximum atomic E-state index is 14.3. The molecular formula is C20H17ClFN3O2. The van der Waals surface area contributed by atoms with Crippen molar-refractivity contribution in [3.8, 4) is 16.9 Å². The van der Waals surface area contributed by atoms with Gasteiger partial charge < -0.3 is 9.64 Å². The molecule has 4 rings (SSSR count). The van der Waals surface area contributed by atoms with Crippen molar-refractivity contribution in [2.24, 2.45) is 0 Å². The Morgan fingerprint density at radius 1 is 1.07 bits per heavy atom. The predicted molar refractivity (Wildman–Crippen MR) is 101 cm³/mol. The zero-order valence-electron chi connectivity index (χ0n) is 14.4. The summed E-state index contributed by atoms with van der Waals surface area (Å²) in [4.78, 5) is 14.8. The van der Waals surface area contributed by atoms with Crippen molar-refractivity contribution < 1.29 is 13.9 Å². The smallest absolute Gasteiger partial charge is 0.272 e. The van der Waals surface area contributed by atoms with Crippen LogP contribution in [0.25, 0.3) is 16.9 Å². The van der Waals surface area contributed by atoms with Gasteiger partial charge in [0, 0.05) is 18.7 Å². The maximum absolute atomic E-state index is 14.3. The largest absolute Gasteiger partial charge is 0.378 e. The molecule has 1 fully saturated rings. The Labute approximate surface area is 160 Å². The molecule has 0 aliphatic carbocycles. The first-order chi connectivity index (χ1) is 13.1. The van der Waals surface area contributed by atoms with Gasteiger partial charge in [0.15, 0.2) is 0 Å². The quantitative estimate of drug-likeness (QED) is 0.689. The van der Waals surface area contributed by atoms with Crippen molar-refractivity contribution in [3.63, 3.8) is 0 Å². The minimum Gasteiger partial charge on any atom is -0.378 e. The molecule has 0 bridgehead atoms. The van der Waals surface area contributed by atoms with Gasteiger partial charge in [0.1, 0.15) is 11.5 Å². The van der Waals surface area contributed by atoms with Crippen LogP contribution in [0.15, 0.2) is 54.6 Å². The zero-order chi connectivity index (χ0) is 18.8. The molecule has 0 saturated carbocycles. The fourth-order valence-electron chi connectivity index (χ4n) is 3.07. The van der Waals surface area contributed by atoms with E-state index in [9.17, 15) is 9.18 Å². The van der Waals surface area contributed by atoms with Gasteiger partial charge >= 0.3 is 0 Å². The standard InChI is InChI=1S/C20H17ClFN3O2/c21-15-6-2-4-8-18(15)25-19(20(26)24-9-11-27-12-10-24)13-17(23-25)14-5-1-3-7-16(14)22/h1-8,13H,9-12H2. The van der Waals surface area contributed by atoms with Crippen LogP contribution in [0.1, 0.15) is 10.5 Å². The van der Waals surface area contributed by atoms with Crippen LogP contribution in [0.3, 0.4) is 0 Å². The van der Waals surface area contributed by atoms with Gasteiger partial charge in [0.05, 0.1) is 29.6 Å². The number of hydrogen-bond acceptors (Lipinski definition) is 3. The third-order valence-corrected chi connectivity index (χ3v) is 4.78. The van der Waals surface area contributed by atoms with Crippen LogP contribution in [0.4, 0.5) is 4.39 Å². The number of hydrogen-bond donors (Lipinski definition) is 0. The molecule has 1 saturated heterocycles. The summed E-state index contributed by atoms with van der Waals surface area (Å²) in [6, 6.07) is 15.1. The highest BCUT2D eigenvalue weighted by Gasteiger charge is 2.25. The molecule has 138 valence electrons. The van der Waals surface area contributed by atoms with Gasteiger partial charge in [-0.1, -0.05) is 35.9 Å². The number of para-hydroxylation sites is 1. The van der Waals surface area contributed by atoms with E-state index in [1.54, 1.807) is 47.4 Å². The fraction of sp³-hybridized carbons (Fsp3) is 0.200. The highest BCUT2D eigenvalue weighted by Crippen LogP contribution is 2.27. The van der Waals surface area contributed by atoms with Gasteiger partial charge in [-0.3, -0.25) is 4.79 Å². The van der Waals surface area contributed by atoms with E-state index in [1.807, 2.05) is 6.07 Å². The highest BCUT2D eigenvalue weighted by molar-refractivity contribution is 6.32. The first-order valence-electron chi connectivity index (χ1n) is 8.62. The molecule has 2 heterocycles. The molecule has 0 unspecified atom stereocenters. The van der Waals surface area contributed by atoms with Crippen LogP contribution in [-0.2, 0) is 4.74 Å². The first kappa shape index (κ1) is 17.7. The second-order valence-corrected chi connectivity index (χ2v) is 6.57. The number of nitrogens with zero attached hydrogens (tertiary/aromatic N) is 3. The third kappa shape index (κ3) is 3.46. The van der Waals surface area contributed by atoms with Gasteiger partial charge in [-0.25, -0.2) is 9.07 Å². The molecule has 5 nitrogen and oxygen atoms in total. The Morgan fingerprint density at radius 2 is 1.78 bits per heavy atom. The molecule has 1 aliphatic heterocycles. The number of benzene rings is 2. The molecule has 7 heteroatoms. The Morgan fingerprint density at radius 3 is 2.52 bits per heavy atom. The molecule has 0 spiro atoms. The first-order valence-corrected chi connectivity index (χ1v) is 9.00. The lowest BCUT2D eigenvalue weighted by molar-refractivity contribution is 0.0297. The minimum absolute atomic E-state index is 0.187. The number of morpholine rings is 1. The molecule has 0 atom stereocenters. The van der Waals surface area contributed by atoms with E-state index in [2.05, 4.69) is 5.10 Å². The molecule has 0 radical (unpaired) electrons. The summed E-state index contributed by atoms with van der Waals surface area (Å²) in [5.74, 6) is -0.583. The summed E-state index contributed by atoms with van der Waals surface area (Å²) >= 11 is 6.33. The van der Waals surface area contributed by atoms with Gasteiger partial charge in [-0.05, 0) is 30.3 Å². The monoisotopic (exact) mass is 385 g/mol. The van der Waals surface area contributed by atoms with Crippen molar-refractivity contribution in [3.05, 3.63) is 71.1 Å². The third-order valence-electron chi connectivity index (χ3n) is 4.46. The average Bonchev–Trinajstić information content (AvgIpc) is 3.13. The highest BCUT2D eigenvalue weighted by atomic mass is 35.5. The number of amides is 1. The summed E-state index contributed by atoms with van der Waals surface area (Å²) in [6.07, 6.45) is 0. The van der Waals surface area contributed by atoms with Gasteiger partial charge in [0.25, 0.3) is 5.91 Å². The number of halogens is 2. The second-order valence-electron chi connectivity index (χ2n) is 6.16. The van der Waals surface area contributed by atoms with Crippen molar-refractivity contribution in [2.75, 3.05) is 26.3 Å². The van der Waals surface area contributed by atoms with Crippen molar-refractivity contribution in [1.29, 1.82) is 0 Å². The SMILES string of the molecule is O=C(c1cc(-c2ccccc2F)nn1-c1ccccc1Cl)N1CCOCC1. The Bertz CT molecular complexity index is 983. The minimum atomic E-state index is -0.397. The fourth-order valence-corrected chi connectivity index (χ4v) is 3.29. The van der Waals surface area contributed by atoms with Crippen LogP contribution in [0, 0.1) is 5.82 Å². The van der Waals surface area contributed by atoms with Crippen LogP contribution in [-0.4, -0.2) is 46.9 Å². The van der Waals surface area contributed by atoms with Crippen LogP contribution in [0.2, 0.25) is 5.02 Å².